The van der Waals surface area contributed by atoms with Crippen LogP contribution in [0.2, 0.25) is 0 Å². The van der Waals surface area contributed by atoms with Crippen molar-refractivity contribution in [1.29, 1.82) is 5.26 Å². The Bertz CT molecular complexity index is 326. The second kappa shape index (κ2) is 3.38. The van der Waals surface area contributed by atoms with E-state index in [1.807, 2.05) is 19.1 Å². The van der Waals surface area contributed by atoms with Gasteiger partial charge in [0, 0.05) is 8.95 Å². The lowest BCUT2D eigenvalue weighted by Gasteiger charge is -2.01. The minimum absolute atomic E-state index is 0.694. The largest absolute Gasteiger partial charge is 0.192 e. The van der Waals surface area contributed by atoms with Gasteiger partial charge in [0.05, 0.1) is 5.56 Å². The predicted molar refractivity (Wildman–Crippen MR) is 51.3 cm³/mol. The molecule has 0 bridgehead atoms. The summed E-state index contributed by atoms with van der Waals surface area (Å²) in [6.07, 6.45) is 0. The molecule has 1 aromatic rings. The van der Waals surface area contributed by atoms with Crippen LogP contribution in [0.25, 0.3) is 0 Å². The van der Waals surface area contributed by atoms with Gasteiger partial charge < -0.3 is 0 Å². The van der Waals surface area contributed by atoms with E-state index in [-0.39, 0.29) is 0 Å². The van der Waals surface area contributed by atoms with Crippen LogP contribution in [0.15, 0.2) is 21.1 Å². The first-order valence-electron chi connectivity index (χ1n) is 3.01. The van der Waals surface area contributed by atoms with Crippen LogP contribution in [0.4, 0.5) is 0 Å². The van der Waals surface area contributed by atoms with E-state index in [0.29, 0.717) is 5.56 Å². The minimum Gasteiger partial charge on any atom is -0.192 e. The Morgan fingerprint density at radius 3 is 2.27 bits per heavy atom. The molecule has 0 amide bonds. The number of rotatable bonds is 0. The topological polar surface area (TPSA) is 23.8 Å². The van der Waals surface area contributed by atoms with Crippen LogP contribution in [0, 0.1) is 18.3 Å². The molecule has 0 aliphatic heterocycles. The first kappa shape index (κ1) is 8.76. The van der Waals surface area contributed by atoms with Gasteiger partial charge in [0.25, 0.3) is 0 Å². The van der Waals surface area contributed by atoms with Gasteiger partial charge in [-0.1, -0.05) is 15.9 Å². The molecule has 0 saturated heterocycles. The van der Waals surface area contributed by atoms with Gasteiger partial charge in [0.15, 0.2) is 0 Å². The Kier molecular flexibility index (Phi) is 2.69. The molecule has 0 fully saturated rings. The highest BCUT2D eigenvalue weighted by molar-refractivity contribution is 9.11. The molecule has 0 atom stereocenters. The van der Waals surface area contributed by atoms with E-state index in [4.69, 9.17) is 5.26 Å². The molecule has 3 heteroatoms. The van der Waals surface area contributed by atoms with E-state index in [0.717, 1.165) is 14.5 Å². The van der Waals surface area contributed by atoms with Crippen LogP contribution in [0.1, 0.15) is 11.1 Å². The fraction of sp³-hybridized carbons (Fsp3) is 0.125. The number of benzene rings is 1. The molecule has 0 saturated carbocycles. The van der Waals surface area contributed by atoms with Gasteiger partial charge in [-0.15, -0.1) is 0 Å². The van der Waals surface area contributed by atoms with Crippen LogP contribution in [0.3, 0.4) is 0 Å². The molecular weight excluding hydrogens is 270 g/mol. The summed E-state index contributed by atoms with van der Waals surface area (Å²) in [5, 5.41) is 8.72. The summed E-state index contributed by atoms with van der Waals surface area (Å²) in [5.74, 6) is 0. The highest BCUT2D eigenvalue weighted by Crippen LogP contribution is 2.25. The molecule has 1 rings (SSSR count). The van der Waals surface area contributed by atoms with Gasteiger partial charge in [-0.3, -0.25) is 0 Å². The van der Waals surface area contributed by atoms with Gasteiger partial charge in [-0.2, -0.15) is 5.26 Å². The molecule has 0 aliphatic rings. The number of halogens is 2. The standard InChI is InChI=1S/C8H5Br2N/c1-5-6(4-11)8(10)3-2-7(5)9/h2-3H,1H3. The quantitative estimate of drug-likeness (QED) is 0.711. The van der Waals surface area contributed by atoms with E-state index in [1.54, 1.807) is 0 Å². The second-order valence-electron chi connectivity index (χ2n) is 2.14. The third-order valence-electron chi connectivity index (χ3n) is 1.46. The van der Waals surface area contributed by atoms with E-state index in [9.17, 15) is 0 Å². The average Bonchev–Trinajstić information content (AvgIpc) is 1.99. The third-order valence-corrected chi connectivity index (χ3v) is 2.98. The monoisotopic (exact) mass is 273 g/mol. The fourth-order valence-electron chi connectivity index (χ4n) is 0.790. The summed E-state index contributed by atoms with van der Waals surface area (Å²) in [4.78, 5) is 0. The van der Waals surface area contributed by atoms with Gasteiger partial charge in [0.2, 0.25) is 0 Å². The van der Waals surface area contributed by atoms with E-state index in [2.05, 4.69) is 37.9 Å². The van der Waals surface area contributed by atoms with Crippen molar-refractivity contribution in [3.63, 3.8) is 0 Å². The van der Waals surface area contributed by atoms with Crippen LogP contribution >= 0.6 is 31.9 Å². The molecule has 11 heavy (non-hydrogen) atoms. The van der Waals surface area contributed by atoms with Gasteiger partial charge in [-0.05, 0) is 40.5 Å². The third kappa shape index (κ3) is 1.63. The Morgan fingerprint density at radius 1 is 1.27 bits per heavy atom. The molecule has 0 aromatic heterocycles. The van der Waals surface area contributed by atoms with Gasteiger partial charge in [-0.25, -0.2) is 0 Å². The van der Waals surface area contributed by atoms with Crippen LogP contribution in [-0.4, -0.2) is 0 Å². The molecular formula is C8H5Br2N. The summed E-state index contributed by atoms with van der Waals surface area (Å²) in [5.41, 5.74) is 1.67. The maximum atomic E-state index is 8.72. The first-order valence-corrected chi connectivity index (χ1v) is 4.60. The Labute approximate surface area is 82.3 Å². The SMILES string of the molecule is Cc1c(Br)ccc(Br)c1C#N. The number of nitrogens with zero attached hydrogens (tertiary/aromatic N) is 1. The fourth-order valence-corrected chi connectivity index (χ4v) is 1.64. The number of hydrogen-bond donors (Lipinski definition) is 0. The molecule has 0 heterocycles. The van der Waals surface area contributed by atoms with Crippen molar-refractivity contribution in [2.45, 2.75) is 6.92 Å². The summed E-state index contributed by atoms with van der Waals surface area (Å²) in [7, 11) is 0. The maximum absolute atomic E-state index is 8.72. The Morgan fingerprint density at radius 2 is 1.82 bits per heavy atom. The summed E-state index contributed by atoms with van der Waals surface area (Å²) >= 11 is 6.65. The van der Waals surface area contributed by atoms with Gasteiger partial charge >= 0.3 is 0 Å². The summed E-state index contributed by atoms with van der Waals surface area (Å²) < 4.78 is 1.82. The smallest absolute Gasteiger partial charge is 0.101 e. The van der Waals surface area contributed by atoms with E-state index in [1.165, 1.54) is 0 Å². The van der Waals surface area contributed by atoms with Crippen LogP contribution in [0.5, 0.6) is 0 Å². The van der Waals surface area contributed by atoms with Crippen molar-refractivity contribution in [2.24, 2.45) is 0 Å². The van der Waals surface area contributed by atoms with Crippen molar-refractivity contribution in [1.82, 2.24) is 0 Å². The van der Waals surface area contributed by atoms with Crippen LogP contribution < -0.4 is 0 Å². The number of nitriles is 1. The zero-order chi connectivity index (χ0) is 8.43. The molecule has 1 aromatic carbocycles. The number of hydrogen-bond acceptors (Lipinski definition) is 1. The lowest BCUT2D eigenvalue weighted by atomic mass is 10.1. The van der Waals surface area contributed by atoms with Crippen molar-refractivity contribution in [2.75, 3.05) is 0 Å². The zero-order valence-electron chi connectivity index (χ0n) is 5.86. The van der Waals surface area contributed by atoms with Crippen molar-refractivity contribution < 1.29 is 0 Å². The van der Waals surface area contributed by atoms with Crippen molar-refractivity contribution in [3.8, 4) is 6.07 Å². The Balaban J connectivity index is 3.44. The average molecular weight is 275 g/mol. The predicted octanol–water partition coefficient (Wildman–Crippen LogP) is 3.39. The van der Waals surface area contributed by atoms with E-state index < -0.39 is 0 Å². The molecule has 0 spiro atoms. The minimum atomic E-state index is 0.694. The van der Waals surface area contributed by atoms with Gasteiger partial charge in [0.1, 0.15) is 6.07 Å². The lowest BCUT2D eigenvalue weighted by molar-refractivity contribution is 1.35. The highest BCUT2D eigenvalue weighted by atomic mass is 79.9. The summed E-state index contributed by atoms with van der Waals surface area (Å²) in [6.45, 7) is 1.91. The highest BCUT2D eigenvalue weighted by Gasteiger charge is 2.04. The molecule has 1 nitrogen and oxygen atoms in total. The molecule has 0 aliphatic carbocycles. The zero-order valence-corrected chi connectivity index (χ0v) is 9.03. The van der Waals surface area contributed by atoms with Crippen LogP contribution in [-0.2, 0) is 0 Å². The van der Waals surface area contributed by atoms with Crippen molar-refractivity contribution in [3.05, 3.63) is 32.2 Å². The van der Waals surface area contributed by atoms with E-state index >= 15 is 0 Å². The second-order valence-corrected chi connectivity index (χ2v) is 3.85. The Hall–Kier alpha value is -0.330. The molecule has 0 N–H and O–H groups in total. The first-order chi connectivity index (χ1) is 5.16. The molecule has 0 radical (unpaired) electrons. The normalized spacial score (nSPS) is 9.27. The molecule has 56 valence electrons. The maximum Gasteiger partial charge on any atom is 0.101 e. The summed E-state index contributed by atoms with van der Waals surface area (Å²) in [6, 6.07) is 5.90. The lowest BCUT2D eigenvalue weighted by Crippen LogP contribution is -1.84. The van der Waals surface area contributed by atoms with Crippen molar-refractivity contribution >= 4 is 31.9 Å². The molecule has 0 unspecified atom stereocenters.